The standard InChI is InChI=1S/C13H21N3O2/c1-3-18-9-13(17)14-7-6-12-15-8-10(2)16(12)11-4-5-11/h8,11H,3-7,9H2,1-2H3,(H,14,17). The molecule has 1 aromatic rings. The molecule has 0 unspecified atom stereocenters. The maximum Gasteiger partial charge on any atom is 0.246 e. The highest BCUT2D eigenvalue weighted by atomic mass is 16.5. The molecule has 5 nitrogen and oxygen atoms in total. The second-order valence-electron chi connectivity index (χ2n) is 4.65. The van der Waals surface area contributed by atoms with Crippen LogP contribution in [0.1, 0.15) is 37.3 Å². The van der Waals surface area contributed by atoms with E-state index in [1.54, 1.807) is 0 Å². The molecule has 0 bridgehead atoms. The van der Waals surface area contributed by atoms with Crippen LogP contribution in [-0.4, -0.2) is 35.2 Å². The molecule has 2 rings (SSSR count). The first-order valence-electron chi connectivity index (χ1n) is 6.59. The molecule has 1 aromatic heterocycles. The molecule has 0 aromatic carbocycles. The van der Waals surface area contributed by atoms with Gasteiger partial charge < -0.3 is 14.6 Å². The molecule has 1 saturated carbocycles. The molecule has 1 heterocycles. The van der Waals surface area contributed by atoms with Crippen LogP contribution in [0.5, 0.6) is 0 Å². The second kappa shape index (κ2) is 6.00. The summed E-state index contributed by atoms with van der Waals surface area (Å²) < 4.78 is 7.34. The summed E-state index contributed by atoms with van der Waals surface area (Å²) in [6, 6.07) is 0.640. The quantitative estimate of drug-likeness (QED) is 0.792. The average molecular weight is 251 g/mol. The third-order valence-corrected chi connectivity index (χ3v) is 3.08. The molecule has 0 spiro atoms. The van der Waals surface area contributed by atoms with E-state index in [2.05, 4.69) is 21.8 Å². The van der Waals surface area contributed by atoms with Crippen LogP contribution in [0.3, 0.4) is 0 Å². The van der Waals surface area contributed by atoms with Gasteiger partial charge in [0, 0.05) is 37.5 Å². The first-order valence-corrected chi connectivity index (χ1v) is 6.59. The fraction of sp³-hybridized carbons (Fsp3) is 0.692. The predicted molar refractivity (Wildman–Crippen MR) is 68.4 cm³/mol. The minimum absolute atomic E-state index is 0.0573. The number of imidazole rings is 1. The Balaban J connectivity index is 1.78. The van der Waals surface area contributed by atoms with E-state index < -0.39 is 0 Å². The lowest BCUT2D eigenvalue weighted by molar-refractivity contribution is -0.125. The third kappa shape index (κ3) is 3.32. The average Bonchev–Trinajstić information content (AvgIpc) is 3.12. The number of hydrogen-bond donors (Lipinski definition) is 1. The number of nitrogens with one attached hydrogen (secondary N) is 1. The molecule has 1 N–H and O–H groups in total. The van der Waals surface area contributed by atoms with Crippen LogP contribution in [0.15, 0.2) is 6.20 Å². The number of carbonyl (C=O) groups excluding carboxylic acids is 1. The largest absolute Gasteiger partial charge is 0.372 e. The van der Waals surface area contributed by atoms with E-state index >= 15 is 0 Å². The van der Waals surface area contributed by atoms with Gasteiger partial charge in [-0.25, -0.2) is 4.98 Å². The topological polar surface area (TPSA) is 56.1 Å². The van der Waals surface area contributed by atoms with Crippen molar-refractivity contribution in [1.82, 2.24) is 14.9 Å². The lowest BCUT2D eigenvalue weighted by atomic mass is 10.3. The molecule has 1 fully saturated rings. The number of aromatic nitrogens is 2. The summed E-state index contributed by atoms with van der Waals surface area (Å²) in [6.45, 7) is 5.30. The van der Waals surface area contributed by atoms with Crippen LogP contribution < -0.4 is 5.32 Å². The maximum atomic E-state index is 11.4. The number of carbonyl (C=O) groups is 1. The molecule has 0 saturated heterocycles. The summed E-state index contributed by atoms with van der Waals surface area (Å²) in [5, 5.41) is 2.84. The molecule has 18 heavy (non-hydrogen) atoms. The molecule has 100 valence electrons. The van der Waals surface area contributed by atoms with Crippen LogP contribution in [-0.2, 0) is 16.0 Å². The van der Waals surface area contributed by atoms with Gasteiger partial charge in [-0.15, -0.1) is 0 Å². The zero-order valence-electron chi connectivity index (χ0n) is 11.1. The van der Waals surface area contributed by atoms with Crippen LogP contribution in [0.2, 0.25) is 0 Å². The van der Waals surface area contributed by atoms with E-state index in [4.69, 9.17) is 4.74 Å². The van der Waals surface area contributed by atoms with Gasteiger partial charge in [0.2, 0.25) is 5.91 Å². The zero-order chi connectivity index (χ0) is 13.0. The van der Waals surface area contributed by atoms with Crippen LogP contribution >= 0.6 is 0 Å². The fourth-order valence-corrected chi connectivity index (χ4v) is 2.07. The molecule has 0 aliphatic heterocycles. The first kappa shape index (κ1) is 13.1. The molecule has 1 aliphatic rings. The van der Waals surface area contributed by atoms with E-state index in [9.17, 15) is 4.79 Å². The van der Waals surface area contributed by atoms with Crippen LogP contribution in [0, 0.1) is 6.92 Å². The van der Waals surface area contributed by atoms with Gasteiger partial charge in [0.05, 0.1) is 0 Å². The molecule has 1 aliphatic carbocycles. The van der Waals surface area contributed by atoms with Gasteiger partial charge in [-0.3, -0.25) is 4.79 Å². The Bertz CT molecular complexity index is 410. The molecule has 0 radical (unpaired) electrons. The number of ether oxygens (including phenoxy) is 1. The van der Waals surface area contributed by atoms with E-state index in [-0.39, 0.29) is 12.5 Å². The first-order chi connectivity index (χ1) is 8.72. The van der Waals surface area contributed by atoms with E-state index in [0.717, 1.165) is 12.2 Å². The van der Waals surface area contributed by atoms with Gasteiger partial charge in [0.1, 0.15) is 12.4 Å². The van der Waals surface area contributed by atoms with Crippen molar-refractivity contribution >= 4 is 5.91 Å². The van der Waals surface area contributed by atoms with Crippen molar-refractivity contribution < 1.29 is 9.53 Å². The van der Waals surface area contributed by atoms with Crippen molar-refractivity contribution in [3.8, 4) is 0 Å². The van der Waals surface area contributed by atoms with Crippen molar-refractivity contribution in [3.05, 3.63) is 17.7 Å². The molecule has 1 amide bonds. The van der Waals surface area contributed by atoms with Crippen molar-refractivity contribution in [2.24, 2.45) is 0 Å². The Morgan fingerprint density at radius 3 is 3.06 bits per heavy atom. The van der Waals surface area contributed by atoms with E-state index in [1.165, 1.54) is 18.5 Å². The fourth-order valence-electron chi connectivity index (χ4n) is 2.07. The Morgan fingerprint density at radius 2 is 2.39 bits per heavy atom. The SMILES string of the molecule is CCOCC(=O)NCCc1ncc(C)n1C1CC1. The maximum absolute atomic E-state index is 11.4. The lowest BCUT2D eigenvalue weighted by Crippen LogP contribution is -2.30. The summed E-state index contributed by atoms with van der Waals surface area (Å²) in [6.07, 6.45) is 5.19. The number of amides is 1. The van der Waals surface area contributed by atoms with Gasteiger partial charge in [-0.2, -0.15) is 0 Å². The Morgan fingerprint density at radius 1 is 1.61 bits per heavy atom. The molecule has 0 atom stereocenters. The smallest absolute Gasteiger partial charge is 0.246 e. The zero-order valence-corrected chi connectivity index (χ0v) is 11.1. The van der Waals surface area contributed by atoms with Gasteiger partial charge >= 0.3 is 0 Å². The minimum atomic E-state index is -0.0573. The van der Waals surface area contributed by atoms with Crippen molar-refractivity contribution in [1.29, 1.82) is 0 Å². The highest BCUT2D eigenvalue weighted by Crippen LogP contribution is 2.36. The number of rotatable bonds is 7. The summed E-state index contributed by atoms with van der Waals surface area (Å²) >= 11 is 0. The monoisotopic (exact) mass is 251 g/mol. The normalized spacial score (nSPS) is 14.8. The van der Waals surface area contributed by atoms with Crippen molar-refractivity contribution in [3.63, 3.8) is 0 Å². The predicted octanol–water partition coefficient (Wildman–Crippen LogP) is 1.22. The number of aryl methyl sites for hydroxylation is 1. The van der Waals surface area contributed by atoms with Gasteiger partial charge in [0.25, 0.3) is 0 Å². The third-order valence-electron chi connectivity index (χ3n) is 3.08. The number of hydrogen-bond acceptors (Lipinski definition) is 3. The Kier molecular flexibility index (Phi) is 4.36. The van der Waals surface area contributed by atoms with Gasteiger partial charge in [0.15, 0.2) is 0 Å². The van der Waals surface area contributed by atoms with Crippen LogP contribution in [0.4, 0.5) is 0 Å². The highest BCUT2D eigenvalue weighted by molar-refractivity contribution is 5.77. The van der Waals surface area contributed by atoms with Gasteiger partial charge in [-0.1, -0.05) is 0 Å². The Hall–Kier alpha value is -1.36. The summed E-state index contributed by atoms with van der Waals surface area (Å²) in [5.41, 5.74) is 1.22. The van der Waals surface area contributed by atoms with Gasteiger partial charge in [-0.05, 0) is 26.7 Å². The second-order valence-corrected chi connectivity index (χ2v) is 4.65. The summed E-state index contributed by atoms with van der Waals surface area (Å²) in [5.74, 6) is 1.02. The molecular weight excluding hydrogens is 230 g/mol. The Labute approximate surface area is 108 Å². The van der Waals surface area contributed by atoms with E-state index in [0.29, 0.717) is 19.2 Å². The molecular formula is C13H21N3O2. The summed E-state index contributed by atoms with van der Waals surface area (Å²) in [7, 11) is 0. The summed E-state index contributed by atoms with van der Waals surface area (Å²) in [4.78, 5) is 15.8. The lowest BCUT2D eigenvalue weighted by Gasteiger charge is -2.09. The van der Waals surface area contributed by atoms with Crippen molar-refractivity contribution in [2.75, 3.05) is 19.8 Å². The highest BCUT2D eigenvalue weighted by Gasteiger charge is 2.26. The van der Waals surface area contributed by atoms with Crippen molar-refractivity contribution in [2.45, 2.75) is 39.2 Å². The minimum Gasteiger partial charge on any atom is -0.372 e. The van der Waals surface area contributed by atoms with E-state index in [1.807, 2.05) is 13.1 Å². The van der Waals surface area contributed by atoms with Crippen LogP contribution in [0.25, 0.3) is 0 Å². The number of nitrogens with zero attached hydrogens (tertiary/aromatic N) is 2. The molecule has 5 heteroatoms.